The Kier molecular flexibility index (Phi) is 235. The Morgan fingerprint density at radius 2 is 1.47 bits per heavy atom. The molecule has 0 amide bonds. The molecule has 0 aliphatic rings. The summed E-state index contributed by atoms with van der Waals surface area (Å²) < 4.78 is 28.3. The van der Waals surface area contributed by atoms with Gasteiger partial charge >= 0.3 is 128 Å². The summed E-state index contributed by atoms with van der Waals surface area (Å²) in [6.07, 6.45) is -1.83. The maximum Gasteiger partial charge on any atom is 1.00 e. The van der Waals surface area contributed by atoms with Gasteiger partial charge in [0.05, 0.1) is 0 Å². The minimum Gasteiger partial charge on any atom is -1.00 e. The SMILES string of the molecule is C=C(F)F.F.O=CO[O-].O=P.[Cs+].[F-].[H-].[Na+].[Na+]. The van der Waals surface area contributed by atoms with Crippen LogP contribution in [0.5, 0.6) is 0 Å². The Morgan fingerprint density at radius 1 is 1.40 bits per heavy atom. The van der Waals surface area contributed by atoms with Gasteiger partial charge in [-0.2, -0.15) is 8.78 Å². The summed E-state index contributed by atoms with van der Waals surface area (Å²) in [4.78, 5) is 11.2. The largest absolute Gasteiger partial charge is 1.00 e. The maximum atomic E-state index is 10.1. The van der Waals surface area contributed by atoms with Crippen LogP contribution in [0.3, 0.4) is 0 Å². The molecule has 0 atom stereocenters. The molecule has 0 aliphatic heterocycles. The van der Waals surface area contributed by atoms with E-state index in [0.29, 0.717) is 0 Å². The Labute approximate surface area is 191 Å². The fraction of sp³-hybridized carbons (Fsp3) is 0. The summed E-state index contributed by atoms with van der Waals surface area (Å²) in [5, 5.41) is 8.43. The van der Waals surface area contributed by atoms with E-state index >= 15 is 0 Å². The normalized spacial score (nSPS) is 3.40. The van der Waals surface area contributed by atoms with Gasteiger partial charge in [-0.1, -0.05) is 0 Å². The van der Waals surface area contributed by atoms with E-state index in [4.69, 9.17) is 14.6 Å². The molecule has 0 aliphatic carbocycles. The molecular weight excluding hydrogens is 386 g/mol. The molecule has 0 heterocycles. The third-order valence-electron chi connectivity index (χ3n) is 0.0393. The van der Waals surface area contributed by atoms with Gasteiger partial charge in [0.15, 0.2) is 0 Å². The van der Waals surface area contributed by atoms with Crippen molar-refractivity contribution < 1.29 is 167 Å². The molecule has 0 radical (unpaired) electrons. The van der Waals surface area contributed by atoms with Crippen LogP contribution >= 0.6 is 9.12 Å². The molecule has 0 rings (SSSR count). The minimum absolute atomic E-state index is 0. The number of halogens is 4. The number of rotatable bonds is 1. The van der Waals surface area contributed by atoms with Gasteiger partial charge in [0.2, 0.25) is 0 Å². The molecule has 0 N–H and O–H groups in total. The summed E-state index contributed by atoms with van der Waals surface area (Å²) in [6.45, 7) is 2.04. The molecule has 12 heteroatoms. The van der Waals surface area contributed by atoms with Gasteiger partial charge in [-0.3, -0.25) is 14.1 Å². The third kappa shape index (κ3) is 236. The number of hydrogen-bond donors (Lipinski definition) is 0. The van der Waals surface area contributed by atoms with E-state index in [1.165, 1.54) is 0 Å². The predicted molar refractivity (Wildman–Crippen MR) is 31.1 cm³/mol. The Morgan fingerprint density at radius 3 is 1.47 bits per heavy atom. The average molecular weight is 392 g/mol. The third-order valence-corrected chi connectivity index (χ3v) is 0.0393. The summed E-state index contributed by atoms with van der Waals surface area (Å²) in [5.41, 5.74) is 0. The topological polar surface area (TPSA) is 66.4 Å². The van der Waals surface area contributed by atoms with Gasteiger partial charge in [0.1, 0.15) is 9.12 Å². The fourth-order valence-corrected chi connectivity index (χ4v) is 0. The zero-order chi connectivity index (χ0) is 8.99. The molecule has 15 heavy (non-hydrogen) atoms. The molecule has 0 aromatic carbocycles. The summed E-state index contributed by atoms with van der Waals surface area (Å²) in [5.74, 6) is 0. The van der Waals surface area contributed by atoms with E-state index in [1.54, 1.807) is 9.12 Å². The zero-order valence-corrected chi connectivity index (χ0v) is 19.7. The van der Waals surface area contributed by atoms with Crippen molar-refractivity contribution in [1.29, 1.82) is 0 Å². The van der Waals surface area contributed by atoms with Crippen molar-refractivity contribution in [2.24, 2.45) is 0 Å². The molecule has 0 saturated heterocycles. The fourth-order valence-electron chi connectivity index (χ4n) is 0. The van der Waals surface area contributed by atoms with Gasteiger partial charge in [0.25, 0.3) is 12.6 Å². The second kappa shape index (κ2) is 67.8. The summed E-state index contributed by atoms with van der Waals surface area (Å²) in [6, 6.07) is 0. The summed E-state index contributed by atoms with van der Waals surface area (Å²) in [7, 11) is 1.72. The van der Waals surface area contributed by atoms with Crippen molar-refractivity contribution in [1.82, 2.24) is 0 Å². The van der Waals surface area contributed by atoms with Gasteiger partial charge in [-0.25, -0.2) is 0 Å². The quantitative estimate of drug-likeness (QED) is 0.111. The molecule has 0 bridgehead atoms. The van der Waals surface area contributed by atoms with E-state index < -0.39 is 6.08 Å². The molecule has 78 valence electrons. The van der Waals surface area contributed by atoms with Crippen LogP contribution in [0.2, 0.25) is 0 Å². The average Bonchev–Trinajstić information content (AvgIpc) is 1.91. The molecule has 0 saturated carbocycles. The summed E-state index contributed by atoms with van der Waals surface area (Å²) >= 11 is 0. The van der Waals surface area contributed by atoms with Gasteiger partial charge in [0, 0.05) is 0 Å². The van der Waals surface area contributed by atoms with Crippen molar-refractivity contribution in [2.75, 3.05) is 0 Å². The monoisotopic (exact) mass is 392 g/mol. The van der Waals surface area contributed by atoms with Crippen LogP contribution in [0, 0.1) is 0 Å². The van der Waals surface area contributed by atoms with Crippen LogP contribution in [-0.4, -0.2) is 6.47 Å². The van der Waals surface area contributed by atoms with Crippen LogP contribution < -0.4 is 138 Å². The van der Waals surface area contributed by atoms with E-state index in [2.05, 4.69) is 11.5 Å². The Balaban J connectivity index is -0.00000000571. The number of hydrogen-bond acceptors (Lipinski definition) is 4. The standard InChI is InChI=1S/C2H2F2.CH2O3.Cs.2FH.2Na.HOP.H/c1-2(3)4;2-1-4-3;;;;;;1-2;/h1H2;1,3H;;2*1H;;;2H;/q;;+1;;;2*+1;;-1/p-2. The molecule has 0 aromatic rings. The Bertz CT molecular complexity index is 107. The molecule has 0 aromatic heterocycles. The van der Waals surface area contributed by atoms with Crippen molar-refractivity contribution in [3.63, 3.8) is 0 Å². The first kappa shape index (κ1) is 52.0. The maximum absolute atomic E-state index is 10.1. The van der Waals surface area contributed by atoms with Gasteiger partial charge in [-0.15, -0.1) is 0 Å². The van der Waals surface area contributed by atoms with Crippen molar-refractivity contribution >= 4 is 15.6 Å². The second-order valence-electron chi connectivity index (χ2n) is 0.531. The van der Waals surface area contributed by atoms with E-state index in [9.17, 15) is 8.78 Å². The Hall–Kier alpha value is 3.04. The first-order valence-electron chi connectivity index (χ1n) is 1.57. The smallest absolute Gasteiger partial charge is 1.00 e. The van der Waals surface area contributed by atoms with Crippen LogP contribution in [0.4, 0.5) is 13.5 Å². The van der Waals surface area contributed by atoms with Crippen LogP contribution in [0.25, 0.3) is 0 Å². The minimum atomic E-state index is -1.83. The van der Waals surface area contributed by atoms with Crippen LogP contribution in [-0.2, 0) is 14.2 Å². The second-order valence-corrected chi connectivity index (χ2v) is 0.531. The zero-order valence-electron chi connectivity index (χ0n) is 9.46. The van der Waals surface area contributed by atoms with Gasteiger partial charge < -0.3 is 16.3 Å². The molecule has 4 nitrogen and oxygen atoms in total. The van der Waals surface area contributed by atoms with Crippen molar-refractivity contribution in [3.8, 4) is 0 Å². The molecule has 0 unspecified atom stereocenters. The number of carbonyl (C=O) groups excluding carboxylic acids is 1. The van der Waals surface area contributed by atoms with Crippen LogP contribution in [0.1, 0.15) is 1.43 Å². The van der Waals surface area contributed by atoms with Crippen molar-refractivity contribution in [2.45, 2.75) is 0 Å². The molecule has 0 spiro atoms. The number of carbonyl (C=O) groups is 1. The first-order chi connectivity index (χ1) is 4.65. The van der Waals surface area contributed by atoms with Crippen LogP contribution in [0.15, 0.2) is 12.7 Å². The molecular formula is C3H6CsF4Na2O4P. The van der Waals surface area contributed by atoms with E-state index in [1.807, 2.05) is 0 Å². The predicted octanol–water partition coefficient (Wildman–Crippen LogP) is -11.4. The molecule has 0 fully saturated rings. The van der Waals surface area contributed by atoms with E-state index in [-0.39, 0.29) is 145 Å². The van der Waals surface area contributed by atoms with Crippen molar-refractivity contribution in [3.05, 3.63) is 12.7 Å². The van der Waals surface area contributed by atoms with E-state index in [0.717, 1.165) is 0 Å². The van der Waals surface area contributed by atoms with Gasteiger partial charge in [-0.05, 0) is 6.58 Å². The first-order valence-corrected chi connectivity index (χ1v) is 1.98.